The lowest BCUT2D eigenvalue weighted by Gasteiger charge is -2.31. The highest BCUT2D eigenvalue weighted by molar-refractivity contribution is 5.74. The van der Waals surface area contributed by atoms with Gasteiger partial charge in [-0.05, 0) is 30.5 Å². The van der Waals surface area contributed by atoms with E-state index in [0.717, 1.165) is 29.9 Å². The van der Waals surface area contributed by atoms with Gasteiger partial charge in [0.2, 0.25) is 0 Å². The van der Waals surface area contributed by atoms with Crippen molar-refractivity contribution in [2.45, 2.75) is 44.7 Å². The molecule has 1 aliphatic rings. The fraction of sp³-hybridized carbons (Fsp3) is 0.588. The Bertz CT molecular complexity index is 476. The first-order valence-electron chi connectivity index (χ1n) is 7.86. The largest absolute Gasteiger partial charge is 0.497 e. The van der Waals surface area contributed by atoms with E-state index in [-0.39, 0.29) is 6.03 Å². The average Bonchev–Trinajstić information content (AvgIpc) is 2.59. The van der Waals surface area contributed by atoms with Crippen LogP contribution in [0.5, 0.6) is 11.5 Å². The smallest absolute Gasteiger partial charge is 0.317 e. The van der Waals surface area contributed by atoms with Crippen LogP contribution in [0.1, 0.15) is 37.7 Å². The fourth-order valence-corrected chi connectivity index (χ4v) is 2.90. The summed E-state index contributed by atoms with van der Waals surface area (Å²) in [5.41, 5.74) is 0.960. The van der Waals surface area contributed by atoms with Gasteiger partial charge in [0.15, 0.2) is 0 Å². The Morgan fingerprint density at radius 1 is 1.14 bits per heavy atom. The van der Waals surface area contributed by atoms with Gasteiger partial charge in [-0.1, -0.05) is 19.3 Å². The van der Waals surface area contributed by atoms with Crippen molar-refractivity contribution in [3.8, 4) is 11.5 Å². The molecule has 1 saturated carbocycles. The topological polar surface area (TPSA) is 50.8 Å². The number of nitrogens with zero attached hydrogens (tertiary/aromatic N) is 1. The number of methoxy groups -OCH3 is 2. The lowest BCUT2D eigenvalue weighted by Crippen LogP contribution is -2.44. The maximum Gasteiger partial charge on any atom is 0.317 e. The molecule has 5 heteroatoms. The predicted molar refractivity (Wildman–Crippen MR) is 86.4 cm³/mol. The molecule has 122 valence electrons. The Labute approximate surface area is 132 Å². The maximum atomic E-state index is 12.3. The zero-order chi connectivity index (χ0) is 15.9. The number of amides is 2. The van der Waals surface area contributed by atoms with Crippen molar-refractivity contribution in [3.63, 3.8) is 0 Å². The zero-order valence-corrected chi connectivity index (χ0v) is 13.7. The molecule has 2 rings (SSSR count). The molecular weight excluding hydrogens is 280 g/mol. The van der Waals surface area contributed by atoms with Crippen LogP contribution in [0.15, 0.2) is 18.2 Å². The average molecular weight is 306 g/mol. The molecule has 0 spiro atoms. The van der Waals surface area contributed by atoms with Crippen molar-refractivity contribution in [2.24, 2.45) is 0 Å². The summed E-state index contributed by atoms with van der Waals surface area (Å²) in [5, 5.41) is 2.97. The van der Waals surface area contributed by atoms with Gasteiger partial charge in [-0.25, -0.2) is 4.79 Å². The van der Waals surface area contributed by atoms with Crippen LogP contribution in [0, 0.1) is 0 Å². The summed E-state index contributed by atoms with van der Waals surface area (Å²) in [6.07, 6.45) is 5.94. The standard InChI is InChI=1S/C17H26N2O3/c1-19(14-7-5-4-6-8-14)17(20)18-12-13-9-15(21-2)11-16(10-13)22-3/h9-11,14H,4-8,12H2,1-3H3,(H,18,20). The van der Waals surface area contributed by atoms with Crippen LogP contribution in [0.2, 0.25) is 0 Å². The van der Waals surface area contributed by atoms with Crippen LogP contribution in [0.4, 0.5) is 4.79 Å². The van der Waals surface area contributed by atoms with E-state index in [0.29, 0.717) is 12.6 Å². The molecule has 0 aliphatic heterocycles. The normalized spacial score (nSPS) is 15.2. The number of rotatable bonds is 5. The quantitative estimate of drug-likeness (QED) is 0.909. The number of carbonyl (C=O) groups is 1. The summed E-state index contributed by atoms with van der Waals surface area (Å²) in [4.78, 5) is 14.1. The van der Waals surface area contributed by atoms with Gasteiger partial charge in [0.25, 0.3) is 0 Å². The van der Waals surface area contributed by atoms with Gasteiger partial charge in [-0.15, -0.1) is 0 Å². The molecule has 0 bridgehead atoms. The summed E-state index contributed by atoms with van der Waals surface area (Å²) in [7, 11) is 5.12. The van der Waals surface area contributed by atoms with Gasteiger partial charge < -0.3 is 19.7 Å². The van der Waals surface area contributed by atoms with E-state index < -0.39 is 0 Å². The van der Waals surface area contributed by atoms with Gasteiger partial charge in [0.05, 0.1) is 14.2 Å². The van der Waals surface area contributed by atoms with Crippen molar-refractivity contribution in [1.82, 2.24) is 10.2 Å². The van der Waals surface area contributed by atoms with Crippen LogP contribution >= 0.6 is 0 Å². The molecule has 1 aromatic carbocycles. The highest BCUT2D eigenvalue weighted by Gasteiger charge is 2.21. The minimum atomic E-state index is -0.0197. The van der Waals surface area contributed by atoms with Gasteiger partial charge in [0, 0.05) is 25.7 Å². The third-order valence-electron chi connectivity index (χ3n) is 4.30. The number of carbonyl (C=O) groups excluding carboxylic acids is 1. The Balaban J connectivity index is 1.92. The molecule has 0 unspecified atom stereocenters. The molecule has 1 aliphatic carbocycles. The number of hydrogen-bond acceptors (Lipinski definition) is 3. The number of urea groups is 1. The van der Waals surface area contributed by atoms with Gasteiger partial charge in [-0.2, -0.15) is 0 Å². The maximum absolute atomic E-state index is 12.3. The van der Waals surface area contributed by atoms with Crippen LogP contribution < -0.4 is 14.8 Å². The van der Waals surface area contributed by atoms with Crippen LogP contribution in [0.25, 0.3) is 0 Å². The molecule has 22 heavy (non-hydrogen) atoms. The fourth-order valence-electron chi connectivity index (χ4n) is 2.90. The number of ether oxygens (including phenoxy) is 2. The van der Waals surface area contributed by atoms with Gasteiger partial charge >= 0.3 is 6.03 Å². The summed E-state index contributed by atoms with van der Waals surface area (Å²) in [5.74, 6) is 1.45. The lowest BCUT2D eigenvalue weighted by atomic mass is 9.95. The van der Waals surface area contributed by atoms with Crippen LogP contribution in [-0.4, -0.2) is 38.2 Å². The molecule has 2 amide bonds. The Morgan fingerprint density at radius 3 is 2.27 bits per heavy atom. The zero-order valence-electron chi connectivity index (χ0n) is 13.7. The SMILES string of the molecule is COc1cc(CNC(=O)N(C)C2CCCCC2)cc(OC)c1. The third kappa shape index (κ3) is 4.29. The molecule has 1 N–H and O–H groups in total. The first kappa shape index (κ1) is 16.5. The molecule has 5 nitrogen and oxygen atoms in total. The third-order valence-corrected chi connectivity index (χ3v) is 4.30. The minimum absolute atomic E-state index is 0.0197. The Morgan fingerprint density at radius 2 is 1.73 bits per heavy atom. The highest BCUT2D eigenvalue weighted by Crippen LogP contribution is 2.23. The second kappa shape index (κ2) is 7.92. The van der Waals surface area contributed by atoms with E-state index in [2.05, 4.69) is 5.32 Å². The minimum Gasteiger partial charge on any atom is -0.497 e. The first-order valence-corrected chi connectivity index (χ1v) is 7.86. The molecule has 0 aromatic heterocycles. The van der Waals surface area contributed by atoms with E-state index >= 15 is 0 Å². The van der Waals surface area contributed by atoms with Crippen LogP contribution in [0.3, 0.4) is 0 Å². The van der Waals surface area contributed by atoms with Gasteiger partial charge in [0.1, 0.15) is 11.5 Å². The summed E-state index contributed by atoms with van der Waals surface area (Å²) in [6.45, 7) is 0.462. The van der Waals surface area contributed by atoms with E-state index in [1.54, 1.807) is 14.2 Å². The van der Waals surface area contributed by atoms with E-state index in [1.807, 2.05) is 30.1 Å². The van der Waals surface area contributed by atoms with E-state index in [1.165, 1.54) is 19.3 Å². The monoisotopic (exact) mass is 306 g/mol. The number of benzene rings is 1. The number of nitrogens with one attached hydrogen (secondary N) is 1. The molecule has 0 atom stereocenters. The van der Waals surface area contributed by atoms with E-state index in [4.69, 9.17) is 9.47 Å². The number of hydrogen-bond donors (Lipinski definition) is 1. The molecule has 1 aromatic rings. The second-order valence-corrected chi connectivity index (χ2v) is 5.78. The summed E-state index contributed by atoms with van der Waals surface area (Å²) >= 11 is 0. The lowest BCUT2D eigenvalue weighted by molar-refractivity contribution is 0.173. The molecule has 0 saturated heterocycles. The van der Waals surface area contributed by atoms with E-state index in [9.17, 15) is 4.79 Å². The van der Waals surface area contributed by atoms with Crippen LogP contribution in [-0.2, 0) is 6.54 Å². The first-order chi connectivity index (χ1) is 10.6. The van der Waals surface area contributed by atoms with Gasteiger partial charge in [-0.3, -0.25) is 0 Å². The molecule has 0 heterocycles. The van der Waals surface area contributed by atoms with Crippen molar-refractivity contribution in [3.05, 3.63) is 23.8 Å². The summed E-state index contributed by atoms with van der Waals surface area (Å²) in [6, 6.07) is 5.98. The van der Waals surface area contributed by atoms with Crippen molar-refractivity contribution in [2.75, 3.05) is 21.3 Å². The second-order valence-electron chi connectivity index (χ2n) is 5.78. The molecular formula is C17H26N2O3. The molecule has 0 radical (unpaired) electrons. The highest BCUT2D eigenvalue weighted by atomic mass is 16.5. The Hall–Kier alpha value is -1.91. The van der Waals surface area contributed by atoms with Crippen molar-refractivity contribution in [1.29, 1.82) is 0 Å². The van der Waals surface area contributed by atoms with Crippen molar-refractivity contribution >= 4 is 6.03 Å². The Kier molecular flexibility index (Phi) is 5.92. The molecule has 1 fully saturated rings. The van der Waals surface area contributed by atoms with Crippen molar-refractivity contribution < 1.29 is 14.3 Å². The predicted octanol–water partition coefficient (Wildman–Crippen LogP) is 3.18. The summed E-state index contributed by atoms with van der Waals surface area (Å²) < 4.78 is 10.5.